The van der Waals surface area contributed by atoms with Gasteiger partial charge in [-0.05, 0) is 50.2 Å². The van der Waals surface area contributed by atoms with Gasteiger partial charge in [0, 0.05) is 26.1 Å². The van der Waals surface area contributed by atoms with Crippen LogP contribution < -0.4 is 0 Å². The number of methoxy groups -OCH3 is 1. The zero-order valence-electron chi connectivity index (χ0n) is 16.2. The Morgan fingerprint density at radius 3 is 2.68 bits per heavy atom. The average Bonchev–Trinajstić information content (AvgIpc) is 3.09. The van der Waals surface area contributed by atoms with Crippen molar-refractivity contribution in [3.8, 4) is 0 Å². The highest BCUT2D eigenvalue weighted by atomic mass is 16.5. The summed E-state index contributed by atoms with van der Waals surface area (Å²) in [6.07, 6.45) is 3.64. The first-order valence-corrected chi connectivity index (χ1v) is 9.22. The number of hydrogen-bond donors (Lipinski definition) is 0. The van der Waals surface area contributed by atoms with E-state index in [9.17, 15) is 4.79 Å². The lowest BCUT2D eigenvalue weighted by atomic mass is 9.85. The Hall–Kier alpha value is -1.54. The number of amides is 1. The number of nitrogens with zero attached hydrogens (tertiary/aromatic N) is 6. The number of likely N-dealkylation sites (N-methyl/N-ethyl adjacent to an activating group) is 1. The van der Waals surface area contributed by atoms with Crippen molar-refractivity contribution in [3.05, 3.63) is 5.82 Å². The highest BCUT2D eigenvalue weighted by Gasteiger charge is 2.45. The number of hydrogen-bond acceptors (Lipinski definition) is 6. The third-order valence-electron chi connectivity index (χ3n) is 5.43. The van der Waals surface area contributed by atoms with E-state index in [1.807, 2.05) is 23.7 Å². The molecule has 1 aliphatic heterocycles. The van der Waals surface area contributed by atoms with Crippen LogP contribution >= 0.6 is 0 Å². The second kappa shape index (κ2) is 8.71. The van der Waals surface area contributed by atoms with Crippen LogP contribution in [0.25, 0.3) is 0 Å². The van der Waals surface area contributed by atoms with Gasteiger partial charge in [0.15, 0.2) is 5.82 Å². The van der Waals surface area contributed by atoms with E-state index in [2.05, 4.69) is 34.3 Å². The lowest BCUT2D eigenvalue weighted by Gasteiger charge is -2.46. The fourth-order valence-corrected chi connectivity index (χ4v) is 3.73. The van der Waals surface area contributed by atoms with Gasteiger partial charge in [0.2, 0.25) is 5.91 Å². The largest absolute Gasteiger partial charge is 0.383 e. The van der Waals surface area contributed by atoms with Crippen molar-refractivity contribution in [1.82, 2.24) is 30.0 Å². The molecule has 0 N–H and O–H groups in total. The Morgan fingerprint density at radius 2 is 2.08 bits per heavy atom. The molecule has 25 heavy (non-hydrogen) atoms. The molecular weight excluding hydrogens is 320 g/mol. The van der Waals surface area contributed by atoms with E-state index in [1.54, 1.807) is 7.11 Å². The van der Waals surface area contributed by atoms with Crippen LogP contribution in [0, 0.1) is 5.92 Å². The Labute approximate surface area is 150 Å². The van der Waals surface area contributed by atoms with E-state index in [4.69, 9.17) is 4.74 Å². The number of piperidine rings is 1. The summed E-state index contributed by atoms with van der Waals surface area (Å²) in [5, 5.41) is 12.4. The number of carbonyl (C=O) groups excluding carboxylic acids is 1. The van der Waals surface area contributed by atoms with Crippen LogP contribution in [0.4, 0.5) is 0 Å². The van der Waals surface area contributed by atoms with E-state index in [1.165, 1.54) is 0 Å². The van der Waals surface area contributed by atoms with Gasteiger partial charge in [-0.2, -0.15) is 0 Å². The van der Waals surface area contributed by atoms with Crippen LogP contribution in [-0.4, -0.2) is 76.8 Å². The fraction of sp³-hybridized carbons (Fsp3) is 0.882. The molecule has 1 amide bonds. The van der Waals surface area contributed by atoms with Gasteiger partial charge in [-0.25, -0.2) is 4.68 Å². The van der Waals surface area contributed by atoms with Crippen LogP contribution in [0.5, 0.6) is 0 Å². The molecule has 2 rings (SSSR count). The van der Waals surface area contributed by atoms with E-state index in [-0.39, 0.29) is 17.4 Å². The van der Waals surface area contributed by atoms with Crippen molar-refractivity contribution >= 4 is 5.91 Å². The Bertz CT molecular complexity index is 557. The van der Waals surface area contributed by atoms with E-state index < -0.39 is 0 Å². The lowest BCUT2D eigenvalue weighted by molar-refractivity contribution is -0.140. The summed E-state index contributed by atoms with van der Waals surface area (Å²) in [7, 11) is 5.75. The maximum atomic E-state index is 12.9. The highest BCUT2D eigenvalue weighted by Crippen LogP contribution is 2.35. The minimum absolute atomic E-state index is 0.0995. The predicted molar refractivity (Wildman–Crippen MR) is 94.9 cm³/mol. The number of aromatic nitrogens is 4. The molecule has 0 aromatic carbocycles. The molecule has 1 saturated heterocycles. The molecule has 0 radical (unpaired) electrons. The van der Waals surface area contributed by atoms with Gasteiger partial charge in [0.25, 0.3) is 0 Å². The quantitative estimate of drug-likeness (QED) is 0.698. The van der Waals surface area contributed by atoms with Gasteiger partial charge in [-0.1, -0.05) is 13.8 Å². The molecule has 2 heterocycles. The SMILES string of the molecule is CCC(CC)C(=O)N1CCCC(c2nnnn2CCOC)(N(C)C)C1. The molecule has 1 unspecified atom stereocenters. The smallest absolute Gasteiger partial charge is 0.225 e. The van der Waals surface area contributed by atoms with E-state index in [0.717, 1.165) is 38.1 Å². The van der Waals surface area contributed by atoms with Crippen molar-refractivity contribution in [3.63, 3.8) is 0 Å². The Balaban J connectivity index is 2.30. The number of tetrazole rings is 1. The van der Waals surface area contributed by atoms with Gasteiger partial charge in [-0.3, -0.25) is 9.69 Å². The van der Waals surface area contributed by atoms with Crippen molar-refractivity contribution in [2.75, 3.05) is 40.9 Å². The first-order chi connectivity index (χ1) is 12.0. The summed E-state index contributed by atoms with van der Waals surface area (Å²) in [5.74, 6) is 1.17. The molecule has 0 aliphatic carbocycles. The maximum Gasteiger partial charge on any atom is 0.225 e. The molecule has 8 nitrogen and oxygen atoms in total. The van der Waals surface area contributed by atoms with Gasteiger partial charge in [0.05, 0.1) is 13.2 Å². The molecule has 0 spiro atoms. The maximum absolute atomic E-state index is 12.9. The molecule has 1 atom stereocenters. The van der Waals surface area contributed by atoms with Crippen molar-refractivity contribution in [2.45, 2.75) is 51.6 Å². The average molecular weight is 352 g/mol. The first-order valence-electron chi connectivity index (χ1n) is 9.22. The minimum Gasteiger partial charge on any atom is -0.383 e. The number of rotatable bonds is 8. The molecule has 1 aromatic heterocycles. The molecule has 0 saturated carbocycles. The van der Waals surface area contributed by atoms with Gasteiger partial charge in [-0.15, -0.1) is 5.10 Å². The molecule has 142 valence electrons. The Kier molecular flexibility index (Phi) is 6.89. The normalized spacial score (nSPS) is 21.3. The number of ether oxygens (including phenoxy) is 1. The standard InChI is InChI=1S/C17H32N6O2/c1-6-14(7-2)15(24)22-10-8-9-17(13-22,21(3)4)16-18-19-20-23(16)11-12-25-5/h14H,6-13H2,1-5H3. The number of carbonyl (C=O) groups is 1. The topological polar surface area (TPSA) is 76.4 Å². The molecule has 1 fully saturated rings. The summed E-state index contributed by atoms with van der Waals surface area (Å²) in [4.78, 5) is 17.1. The van der Waals surface area contributed by atoms with Crippen LogP contribution in [0.2, 0.25) is 0 Å². The molecule has 1 aromatic rings. The summed E-state index contributed by atoms with van der Waals surface area (Å²) >= 11 is 0. The predicted octanol–water partition coefficient (Wildman–Crippen LogP) is 1.14. The number of likely N-dealkylation sites (tertiary alicyclic amines) is 1. The van der Waals surface area contributed by atoms with Gasteiger partial charge < -0.3 is 9.64 Å². The van der Waals surface area contributed by atoms with E-state index >= 15 is 0 Å². The monoisotopic (exact) mass is 352 g/mol. The zero-order valence-corrected chi connectivity index (χ0v) is 16.2. The summed E-state index contributed by atoms with van der Waals surface area (Å²) in [6.45, 7) is 6.76. The van der Waals surface area contributed by atoms with Crippen LogP contribution in [0.3, 0.4) is 0 Å². The van der Waals surface area contributed by atoms with Gasteiger partial charge in [0.1, 0.15) is 5.54 Å². The van der Waals surface area contributed by atoms with Crippen molar-refractivity contribution < 1.29 is 9.53 Å². The van der Waals surface area contributed by atoms with Crippen molar-refractivity contribution in [1.29, 1.82) is 0 Å². The Morgan fingerprint density at radius 1 is 1.36 bits per heavy atom. The lowest BCUT2D eigenvalue weighted by Crippen LogP contribution is -2.57. The summed E-state index contributed by atoms with van der Waals surface area (Å²) in [5.41, 5.74) is -0.364. The molecule has 0 bridgehead atoms. The van der Waals surface area contributed by atoms with Crippen molar-refractivity contribution in [2.24, 2.45) is 5.92 Å². The highest BCUT2D eigenvalue weighted by molar-refractivity contribution is 5.79. The van der Waals surface area contributed by atoms with E-state index in [0.29, 0.717) is 19.7 Å². The minimum atomic E-state index is -0.364. The first kappa shape index (κ1) is 19.8. The summed E-state index contributed by atoms with van der Waals surface area (Å²) < 4.78 is 6.99. The molecule has 8 heteroatoms. The summed E-state index contributed by atoms with van der Waals surface area (Å²) in [6, 6.07) is 0. The van der Waals surface area contributed by atoms with Crippen LogP contribution in [-0.2, 0) is 21.6 Å². The third-order valence-corrected chi connectivity index (χ3v) is 5.43. The second-order valence-electron chi connectivity index (χ2n) is 7.02. The fourth-order valence-electron chi connectivity index (χ4n) is 3.73. The van der Waals surface area contributed by atoms with Crippen LogP contribution in [0.1, 0.15) is 45.4 Å². The molecule has 1 aliphatic rings. The van der Waals surface area contributed by atoms with Gasteiger partial charge >= 0.3 is 0 Å². The second-order valence-corrected chi connectivity index (χ2v) is 7.02. The molecular formula is C17H32N6O2. The van der Waals surface area contributed by atoms with Crippen LogP contribution in [0.15, 0.2) is 0 Å². The third kappa shape index (κ3) is 4.00. The zero-order chi connectivity index (χ0) is 18.4.